The molecule has 0 unspecified atom stereocenters. The predicted octanol–water partition coefficient (Wildman–Crippen LogP) is 16.5. The molecule has 3 aromatic rings. The fourth-order valence-corrected chi connectivity index (χ4v) is 9.05. The van der Waals surface area contributed by atoms with Gasteiger partial charge in [0.2, 0.25) is 0 Å². The van der Waals surface area contributed by atoms with Crippen molar-refractivity contribution in [3.8, 4) is 0 Å². The number of carbonyl (C=O) groups excluding carboxylic acids is 3. The van der Waals surface area contributed by atoms with E-state index in [0.717, 1.165) is 57.8 Å². The highest BCUT2D eigenvalue weighted by Gasteiger charge is 2.53. The topological polar surface area (TPSA) is 107 Å². The van der Waals surface area contributed by atoms with Gasteiger partial charge in [-0.2, -0.15) is 0 Å². The molecule has 0 bridgehead atoms. The smallest absolute Gasteiger partial charge is 0.338 e. The van der Waals surface area contributed by atoms with Crippen molar-refractivity contribution >= 4 is 17.9 Å². The number of carbonyl (C=O) groups is 3. The molecule has 0 aliphatic carbocycles. The van der Waals surface area contributed by atoms with Gasteiger partial charge in [-0.25, -0.2) is 14.4 Å². The minimum absolute atomic E-state index is 0.0324. The molecule has 1 heterocycles. The average molecular weight is 993 g/mol. The summed E-state index contributed by atoms with van der Waals surface area (Å²) >= 11 is 0. The van der Waals surface area contributed by atoms with Crippen LogP contribution in [0.5, 0.6) is 0 Å². The maximum atomic E-state index is 14.0. The van der Waals surface area contributed by atoms with Gasteiger partial charge >= 0.3 is 17.9 Å². The molecule has 398 valence electrons. The number of ether oxygens (including phenoxy) is 6. The van der Waals surface area contributed by atoms with Crippen LogP contribution >= 0.6 is 0 Å². The van der Waals surface area contributed by atoms with E-state index in [2.05, 4.69) is 38.2 Å². The summed E-state index contributed by atoms with van der Waals surface area (Å²) in [5, 5.41) is 0. The number of hydrogen-bond donors (Lipinski definition) is 0. The third-order valence-corrected chi connectivity index (χ3v) is 13.4. The molecule has 9 heteroatoms. The molecule has 0 aromatic heterocycles. The normalized spacial score (nSPS) is 17.9. The lowest BCUT2D eigenvalue weighted by atomic mass is 9.97. The summed E-state index contributed by atoms with van der Waals surface area (Å²) in [7, 11) is 0. The predicted molar refractivity (Wildman–Crippen MR) is 291 cm³/mol. The minimum Gasteiger partial charge on any atom is -0.452 e. The van der Waals surface area contributed by atoms with Crippen LogP contribution in [-0.2, 0) is 28.4 Å². The number of benzene rings is 3. The summed E-state index contributed by atoms with van der Waals surface area (Å²) in [6.07, 6.45) is 37.1. The van der Waals surface area contributed by atoms with Crippen LogP contribution in [-0.4, -0.2) is 68.4 Å². The number of hydrogen-bond acceptors (Lipinski definition) is 9. The van der Waals surface area contributed by atoms with Crippen LogP contribution in [0, 0.1) is 0 Å². The number of rotatable bonds is 41. The average Bonchev–Trinajstić information content (AvgIpc) is 3.41. The Morgan fingerprint density at radius 1 is 0.403 bits per heavy atom. The Hall–Kier alpha value is -4.57. The highest BCUT2D eigenvalue weighted by molar-refractivity contribution is 5.91. The summed E-state index contributed by atoms with van der Waals surface area (Å²) in [5.41, 5.74) is 0.905. The standard InChI is InChI=1S/C63H92O9/c1-3-5-7-9-11-13-15-17-19-21-23-25-27-29-31-42-50-67-52-56-57(70-60(64)53-44-36-33-37-45-53)58(71-61(65)54-46-38-34-39-47-54)59(72-62(66)55-48-40-35-41-49-55)63(69-56)68-51-43-32-30-28-26-24-22-20-18-16-14-12-10-8-6-4-2/h17-20,33-41,44-49,56-59,63H,3-16,21-32,42-43,50-52H2,1-2H3/t56-,57-,58+,59-,63+/m1/s1. The third kappa shape index (κ3) is 25.9. The van der Waals surface area contributed by atoms with Gasteiger partial charge in [0.1, 0.15) is 6.10 Å². The lowest BCUT2D eigenvalue weighted by molar-refractivity contribution is -0.300. The van der Waals surface area contributed by atoms with Gasteiger partial charge in [-0.15, -0.1) is 0 Å². The summed E-state index contributed by atoms with van der Waals surface area (Å²) in [5.74, 6) is -1.96. The van der Waals surface area contributed by atoms with E-state index in [1.807, 2.05) is 18.2 Å². The summed E-state index contributed by atoms with van der Waals surface area (Å²) < 4.78 is 38.2. The van der Waals surface area contributed by atoms with Crippen molar-refractivity contribution in [2.75, 3.05) is 19.8 Å². The van der Waals surface area contributed by atoms with Crippen LogP contribution in [0.4, 0.5) is 0 Å². The van der Waals surface area contributed by atoms with Crippen molar-refractivity contribution < 1.29 is 42.8 Å². The first kappa shape index (κ1) is 60.0. The molecule has 1 aliphatic heterocycles. The molecule has 3 aromatic carbocycles. The van der Waals surface area contributed by atoms with Crippen LogP contribution in [0.2, 0.25) is 0 Å². The largest absolute Gasteiger partial charge is 0.452 e. The lowest BCUT2D eigenvalue weighted by Crippen LogP contribution is -2.63. The Morgan fingerprint density at radius 3 is 1.14 bits per heavy atom. The molecule has 9 nitrogen and oxygen atoms in total. The van der Waals surface area contributed by atoms with Crippen LogP contribution < -0.4 is 0 Å². The Kier molecular flexibility index (Phi) is 33.2. The molecule has 4 rings (SSSR count). The van der Waals surface area contributed by atoms with Crippen LogP contribution in [0.25, 0.3) is 0 Å². The van der Waals surface area contributed by atoms with Gasteiger partial charge in [-0.05, 0) is 101 Å². The van der Waals surface area contributed by atoms with E-state index < -0.39 is 48.6 Å². The molecular weight excluding hydrogens is 901 g/mol. The van der Waals surface area contributed by atoms with E-state index >= 15 is 0 Å². The van der Waals surface area contributed by atoms with Gasteiger partial charge < -0.3 is 28.4 Å². The molecule has 72 heavy (non-hydrogen) atoms. The highest BCUT2D eigenvalue weighted by atomic mass is 16.7. The Labute approximate surface area is 435 Å². The summed E-state index contributed by atoms with van der Waals surface area (Å²) in [4.78, 5) is 41.7. The molecule has 0 amide bonds. The molecule has 0 radical (unpaired) electrons. The molecule has 0 spiro atoms. The van der Waals surface area contributed by atoms with Crippen LogP contribution in [0.1, 0.15) is 225 Å². The number of unbranched alkanes of at least 4 members (excludes halogenated alkanes) is 24. The van der Waals surface area contributed by atoms with Gasteiger partial charge in [-0.3, -0.25) is 0 Å². The SMILES string of the molecule is CCCCCCCCC=CCCCCCCCCOC[C@H]1O[C@H](OCCCCCCCCC=CCCCCCCCC)[C@H](OC(=O)c2ccccc2)[C@@H](OC(=O)c2ccccc2)[C@@H]1OC(=O)c1ccccc1. The van der Waals surface area contributed by atoms with E-state index in [1.54, 1.807) is 72.8 Å². The van der Waals surface area contributed by atoms with E-state index in [9.17, 15) is 14.4 Å². The zero-order valence-corrected chi connectivity index (χ0v) is 44.5. The zero-order chi connectivity index (χ0) is 50.9. The quantitative estimate of drug-likeness (QED) is 0.0238. The fourth-order valence-electron chi connectivity index (χ4n) is 9.05. The third-order valence-electron chi connectivity index (χ3n) is 13.4. The molecule has 0 N–H and O–H groups in total. The Balaban J connectivity index is 1.37. The van der Waals surface area contributed by atoms with Crippen molar-refractivity contribution in [2.45, 2.75) is 224 Å². The van der Waals surface area contributed by atoms with Gasteiger partial charge in [0.05, 0.1) is 23.3 Å². The second kappa shape index (κ2) is 39.9. The second-order valence-corrected chi connectivity index (χ2v) is 19.6. The first-order chi connectivity index (χ1) is 35.5. The number of allylic oxidation sites excluding steroid dienone is 4. The zero-order valence-electron chi connectivity index (χ0n) is 44.5. The number of esters is 3. The Bertz CT molecular complexity index is 1870. The molecule has 5 atom stereocenters. The van der Waals surface area contributed by atoms with Crippen molar-refractivity contribution in [1.82, 2.24) is 0 Å². The Morgan fingerprint density at radius 2 is 0.736 bits per heavy atom. The monoisotopic (exact) mass is 993 g/mol. The van der Waals surface area contributed by atoms with Crippen molar-refractivity contribution in [3.63, 3.8) is 0 Å². The van der Waals surface area contributed by atoms with E-state index in [1.165, 1.54) is 122 Å². The maximum absolute atomic E-state index is 14.0. The minimum atomic E-state index is -1.31. The van der Waals surface area contributed by atoms with Crippen LogP contribution in [0.3, 0.4) is 0 Å². The van der Waals surface area contributed by atoms with E-state index in [0.29, 0.717) is 29.9 Å². The highest BCUT2D eigenvalue weighted by Crippen LogP contribution is 2.32. The van der Waals surface area contributed by atoms with Gasteiger partial charge in [0, 0.05) is 13.2 Å². The van der Waals surface area contributed by atoms with Gasteiger partial charge in [0.15, 0.2) is 24.6 Å². The maximum Gasteiger partial charge on any atom is 0.338 e. The van der Waals surface area contributed by atoms with Crippen molar-refractivity contribution in [2.24, 2.45) is 0 Å². The van der Waals surface area contributed by atoms with Crippen LogP contribution in [0.15, 0.2) is 115 Å². The first-order valence-electron chi connectivity index (χ1n) is 28.4. The molecular formula is C63H92O9. The van der Waals surface area contributed by atoms with E-state index in [4.69, 9.17) is 28.4 Å². The second-order valence-electron chi connectivity index (χ2n) is 19.6. The lowest BCUT2D eigenvalue weighted by Gasteiger charge is -2.44. The molecule has 1 fully saturated rings. The first-order valence-corrected chi connectivity index (χ1v) is 28.4. The van der Waals surface area contributed by atoms with Crippen molar-refractivity contribution in [1.29, 1.82) is 0 Å². The molecule has 1 aliphatic rings. The summed E-state index contributed by atoms with van der Waals surface area (Å²) in [6, 6.07) is 25.8. The van der Waals surface area contributed by atoms with E-state index in [-0.39, 0.29) is 6.61 Å². The van der Waals surface area contributed by atoms with Crippen molar-refractivity contribution in [3.05, 3.63) is 132 Å². The summed E-state index contributed by atoms with van der Waals surface area (Å²) in [6.45, 7) is 5.35. The van der Waals surface area contributed by atoms with Gasteiger partial charge in [-0.1, -0.05) is 208 Å². The molecule has 0 saturated carbocycles. The van der Waals surface area contributed by atoms with Gasteiger partial charge in [0.25, 0.3) is 0 Å². The fraction of sp³-hybridized carbons (Fsp3) is 0.603. The molecule has 1 saturated heterocycles.